The van der Waals surface area contributed by atoms with Gasteiger partial charge in [0.15, 0.2) is 5.82 Å². The Morgan fingerprint density at radius 1 is 1.18 bits per heavy atom. The van der Waals surface area contributed by atoms with Crippen LogP contribution in [-0.4, -0.2) is 33.2 Å². The largest absolute Gasteiger partial charge is 0.297 e. The first kappa shape index (κ1) is 13.9. The Balaban J connectivity index is 1.56. The molecule has 0 radical (unpaired) electrons. The first-order chi connectivity index (χ1) is 10.8. The normalized spacial score (nSPS) is 21.0. The molecule has 116 valence electrons. The summed E-state index contributed by atoms with van der Waals surface area (Å²) >= 11 is 0. The Hall–Kier alpha value is -1.68. The molecule has 4 rings (SSSR count). The third kappa shape index (κ3) is 2.56. The molecule has 2 heterocycles. The van der Waals surface area contributed by atoms with Crippen molar-refractivity contribution in [3.8, 4) is 11.4 Å². The Labute approximate surface area is 132 Å². The van der Waals surface area contributed by atoms with E-state index in [2.05, 4.69) is 46.3 Å². The van der Waals surface area contributed by atoms with Gasteiger partial charge in [0, 0.05) is 17.5 Å². The van der Waals surface area contributed by atoms with E-state index in [1.165, 1.54) is 50.8 Å². The van der Waals surface area contributed by atoms with E-state index in [1.54, 1.807) is 0 Å². The van der Waals surface area contributed by atoms with Crippen LogP contribution >= 0.6 is 0 Å². The van der Waals surface area contributed by atoms with Gasteiger partial charge in [-0.25, -0.2) is 4.98 Å². The lowest BCUT2D eigenvalue weighted by Crippen LogP contribution is -2.23. The molecule has 1 unspecified atom stereocenters. The second kappa shape index (κ2) is 5.84. The summed E-state index contributed by atoms with van der Waals surface area (Å²) in [6.45, 7) is 4.75. The highest BCUT2D eigenvalue weighted by Crippen LogP contribution is 2.35. The summed E-state index contributed by atoms with van der Waals surface area (Å²) in [6, 6.07) is 9.22. The molecule has 22 heavy (non-hydrogen) atoms. The molecule has 2 aromatic rings. The predicted molar refractivity (Wildman–Crippen MR) is 87.6 cm³/mol. The second-order valence-corrected chi connectivity index (χ2v) is 6.72. The third-order valence-corrected chi connectivity index (χ3v) is 5.31. The molecule has 1 N–H and O–H groups in total. The molecule has 4 nitrogen and oxygen atoms in total. The van der Waals surface area contributed by atoms with E-state index in [4.69, 9.17) is 4.98 Å². The standard InChI is InChI=1S/C18H24N4/c1-13(22-10-2-3-11-22)15-8-5-9-16(12-15)18-19-17(20-21-18)14-6-4-7-14/h5,8-9,12-14H,2-4,6-7,10-11H2,1H3,(H,19,20,21). The minimum Gasteiger partial charge on any atom is -0.297 e. The molecule has 1 aromatic carbocycles. The minimum atomic E-state index is 0.479. The van der Waals surface area contributed by atoms with E-state index in [-0.39, 0.29) is 0 Å². The summed E-state index contributed by atoms with van der Waals surface area (Å²) in [6.07, 6.45) is 6.48. The van der Waals surface area contributed by atoms with Crippen LogP contribution in [0.2, 0.25) is 0 Å². The van der Waals surface area contributed by atoms with Crippen molar-refractivity contribution in [1.29, 1.82) is 0 Å². The van der Waals surface area contributed by atoms with Gasteiger partial charge in [-0.05, 0) is 57.3 Å². The van der Waals surface area contributed by atoms with Gasteiger partial charge in [0.25, 0.3) is 0 Å². The van der Waals surface area contributed by atoms with Gasteiger partial charge in [0.2, 0.25) is 0 Å². The van der Waals surface area contributed by atoms with Gasteiger partial charge >= 0.3 is 0 Å². The van der Waals surface area contributed by atoms with Crippen molar-refractivity contribution in [2.24, 2.45) is 0 Å². The molecule has 1 aliphatic carbocycles. The smallest absolute Gasteiger partial charge is 0.181 e. The average molecular weight is 296 g/mol. The summed E-state index contributed by atoms with van der Waals surface area (Å²) < 4.78 is 0. The highest BCUT2D eigenvalue weighted by Gasteiger charge is 2.24. The van der Waals surface area contributed by atoms with Crippen molar-refractivity contribution < 1.29 is 0 Å². The SMILES string of the molecule is CC(c1cccc(-c2n[nH]c(C3CCC3)n2)c1)N1CCCC1. The van der Waals surface area contributed by atoms with Gasteiger partial charge < -0.3 is 0 Å². The molecule has 0 amide bonds. The zero-order chi connectivity index (χ0) is 14.9. The van der Waals surface area contributed by atoms with Gasteiger partial charge in [-0.1, -0.05) is 24.6 Å². The van der Waals surface area contributed by atoms with Gasteiger partial charge in [0.05, 0.1) is 0 Å². The molecule has 1 aliphatic heterocycles. The zero-order valence-electron chi connectivity index (χ0n) is 13.3. The highest BCUT2D eigenvalue weighted by molar-refractivity contribution is 5.56. The Kier molecular flexibility index (Phi) is 3.70. The van der Waals surface area contributed by atoms with E-state index in [9.17, 15) is 0 Å². The molecule has 1 saturated heterocycles. The van der Waals surface area contributed by atoms with Crippen LogP contribution in [0, 0.1) is 0 Å². The molecule has 4 heteroatoms. The van der Waals surface area contributed by atoms with E-state index in [0.717, 1.165) is 17.2 Å². The number of aromatic amines is 1. The summed E-state index contributed by atoms with van der Waals surface area (Å²) in [4.78, 5) is 7.29. The number of nitrogens with zero attached hydrogens (tertiary/aromatic N) is 3. The molecule has 2 aliphatic rings. The van der Waals surface area contributed by atoms with Crippen LogP contribution in [0.5, 0.6) is 0 Å². The molecule has 1 saturated carbocycles. The van der Waals surface area contributed by atoms with E-state index >= 15 is 0 Å². The predicted octanol–water partition coefficient (Wildman–Crippen LogP) is 3.90. The first-order valence-corrected chi connectivity index (χ1v) is 8.58. The maximum absolute atomic E-state index is 4.72. The Morgan fingerprint density at radius 2 is 2.00 bits per heavy atom. The average Bonchev–Trinajstić information content (AvgIpc) is 3.16. The number of rotatable bonds is 4. The van der Waals surface area contributed by atoms with Crippen LogP contribution in [0.1, 0.15) is 62.4 Å². The fraction of sp³-hybridized carbons (Fsp3) is 0.556. The molecular formula is C18H24N4. The van der Waals surface area contributed by atoms with Crippen LogP contribution in [-0.2, 0) is 0 Å². The van der Waals surface area contributed by atoms with Crippen LogP contribution in [0.3, 0.4) is 0 Å². The lowest BCUT2D eigenvalue weighted by Gasteiger charge is -2.24. The van der Waals surface area contributed by atoms with Crippen LogP contribution in [0.15, 0.2) is 24.3 Å². The number of benzene rings is 1. The minimum absolute atomic E-state index is 0.479. The van der Waals surface area contributed by atoms with Gasteiger partial charge in [-0.3, -0.25) is 10.00 Å². The van der Waals surface area contributed by atoms with E-state index in [1.807, 2.05) is 0 Å². The maximum atomic E-state index is 4.72. The van der Waals surface area contributed by atoms with Crippen molar-refractivity contribution in [3.63, 3.8) is 0 Å². The van der Waals surface area contributed by atoms with Crippen molar-refractivity contribution >= 4 is 0 Å². The highest BCUT2D eigenvalue weighted by atomic mass is 15.2. The number of H-pyrrole nitrogens is 1. The van der Waals surface area contributed by atoms with E-state index in [0.29, 0.717) is 12.0 Å². The van der Waals surface area contributed by atoms with Crippen molar-refractivity contribution in [1.82, 2.24) is 20.1 Å². The molecular weight excluding hydrogens is 272 g/mol. The summed E-state index contributed by atoms with van der Waals surface area (Å²) in [7, 11) is 0. The number of nitrogens with one attached hydrogen (secondary N) is 1. The van der Waals surface area contributed by atoms with Crippen molar-refractivity contribution in [2.75, 3.05) is 13.1 Å². The second-order valence-electron chi connectivity index (χ2n) is 6.72. The third-order valence-electron chi connectivity index (χ3n) is 5.31. The molecule has 0 spiro atoms. The fourth-order valence-corrected chi connectivity index (χ4v) is 3.55. The van der Waals surface area contributed by atoms with Crippen molar-refractivity contribution in [3.05, 3.63) is 35.7 Å². The number of hydrogen-bond donors (Lipinski definition) is 1. The quantitative estimate of drug-likeness (QED) is 0.930. The molecule has 1 atom stereocenters. The lowest BCUT2D eigenvalue weighted by molar-refractivity contribution is 0.263. The maximum Gasteiger partial charge on any atom is 0.181 e. The summed E-state index contributed by atoms with van der Waals surface area (Å²) in [5.41, 5.74) is 2.50. The summed E-state index contributed by atoms with van der Waals surface area (Å²) in [5.74, 6) is 2.52. The van der Waals surface area contributed by atoms with Gasteiger partial charge in [-0.2, -0.15) is 5.10 Å². The topological polar surface area (TPSA) is 44.8 Å². The van der Waals surface area contributed by atoms with E-state index < -0.39 is 0 Å². The number of hydrogen-bond acceptors (Lipinski definition) is 3. The van der Waals surface area contributed by atoms with Gasteiger partial charge in [-0.15, -0.1) is 0 Å². The fourth-order valence-electron chi connectivity index (χ4n) is 3.55. The number of likely N-dealkylation sites (tertiary alicyclic amines) is 1. The van der Waals surface area contributed by atoms with Crippen LogP contribution < -0.4 is 0 Å². The molecule has 2 fully saturated rings. The van der Waals surface area contributed by atoms with Crippen molar-refractivity contribution in [2.45, 2.75) is 51.0 Å². The molecule has 1 aromatic heterocycles. The first-order valence-electron chi connectivity index (χ1n) is 8.58. The van der Waals surface area contributed by atoms with Gasteiger partial charge in [0.1, 0.15) is 5.82 Å². The monoisotopic (exact) mass is 296 g/mol. The summed E-state index contributed by atoms with van der Waals surface area (Å²) in [5, 5.41) is 7.58. The molecule has 0 bridgehead atoms. The Morgan fingerprint density at radius 3 is 2.73 bits per heavy atom. The Bertz CT molecular complexity index is 638. The lowest BCUT2D eigenvalue weighted by atomic mass is 9.85. The zero-order valence-corrected chi connectivity index (χ0v) is 13.3. The number of aromatic nitrogens is 3. The van der Waals surface area contributed by atoms with Crippen LogP contribution in [0.25, 0.3) is 11.4 Å². The van der Waals surface area contributed by atoms with Crippen LogP contribution in [0.4, 0.5) is 0 Å².